The van der Waals surface area contributed by atoms with Gasteiger partial charge in [-0.25, -0.2) is 0 Å². The average molecular weight is 371 g/mol. The molecule has 3 aromatic carbocycles. The van der Waals surface area contributed by atoms with Gasteiger partial charge in [0, 0.05) is 23.8 Å². The summed E-state index contributed by atoms with van der Waals surface area (Å²) < 4.78 is 5.84. The Labute approximate surface area is 166 Å². The fourth-order valence-electron chi connectivity index (χ4n) is 3.22. The van der Waals surface area contributed by atoms with Gasteiger partial charge in [-0.15, -0.1) is 0 Å². The molecule has 0 aliphatic carbocycles. The monoisotopic (exact) mass is 371 g/mol. The molecule has 0 saturated heterocycles. The minimum atomic E-state index is 0.418. The molecule has 0 atom stereocenters. The van der Waals surface area contributed by atoms with Crippen LogP contribution in [-0.4, -0.2) is 11.9 Å². The minimum Gasteiger partial charge on any atom is -0.457 e. The van der Waals surface area contributed by atoms with E-state index in [0.717, 1.165) is 40.7 Å². The van der Waals surface area contributed by atoms with Crippen LogP contribution in [0.1, 0.15) is 25.0 Å². The van der Waals surface area contributed by atoms with Crippen LogP contribution in [0, 0.1) is 0 Å². The number of nitrogens with one attached hydrogen (secondary N) is 2. The molecule has 4 heteroatoms. The fourth-order valence-corrected chi connectivity index (χ4v) is 3.22. The fraction of sp³-hybridized carbons (Fsp3) is 0.208. The van der Waals surface area contributed by atoms with Crippen LogP contribution in [0.3, 0.4) is 0 Å². The minimum absolute atomic E-state index is 0.418. The lowest BCUT2D eigenvalue weighted by molar-refractivity contribution is 0.482. The molecular formula is C24H25N3O. The van der Waals surface area contributed by atoms with Crippen molar-refractivity contribution in [1.29, 1.82) is 0 Å². The van der Waals surface area contributed by atoms with Crippen molar-refractivity contribution in [1.82, 2.24) is 0 Å². The second-order valence-corrected chi connectivity index (χ2v) is 7.29. The van der Waals surface area contributed by atoms with Gasteiger partial charge in [-0.3, -0.25) is 4.99 Å². The number of hydrogen-bond donors (Lipinski definition) is 2. The lowest BCUT2D eigenvalue weighted by Crippen LogP contribution is -2.09. The standard InChI is InChI=1S/C24H25N3O/c1-17(2)26-20-11-10-19-14-24(27-23(19)15-20)25-16-18-8-12-22(13-9-18)28-21-6-4-3-5-7-21/h3-13,15,17,26H,14,16H2,1-2H3,(H,25,27). The maximum atomic E-state index is 5.84. The first-order valence-corrected chi connectivity index (χ1v) is 9.67. The summed E-state index contributed by atoms with van der Waals surface area (Å²) >= 11 is 0. The van der Waals surface area contributed by atoms with Crippen molar-refractivity contribution in [2.24, 2.45) is 4.99 Å². The number of rotatable bonds is 6. The van der Waals surface area contributed by atoms with Crippen molar-refractivity contribution in [3.8, 4) is 11.5 Å². The maximum Gasteiger partial charge on any atom is 0.127 e. The number of fused-ring (bicyclic) bond motifs is 1. The van der Waals surface area contributed by atoms with Gasteiger partial charge in [0.2, 0.25) is 0 Å². The van der Waals surface area contributed by atoms with Crippen molar-refractivity contribution in [2.75, 3.05) is 10.6 Å². The first-order chi connectivity index (χ1) is 13.7. The van der Waals surface area contributed by atoms with Crippen molar-refractivity contribution < 1.29 is 4.74 Å². The zero-order chi connectivity index (χ0) is 19.3. The van der Waals surface area contributed by atoms with E-state index in [-0.39, 0.29) is 0 Å². The molecule has 0 bridgehead atoms. The summed E-state index contributed by atoms with van der Waals surface area (Å²) in [6.45, 7) is 4.94. The summed E-state index contributed by atoms with van der Waals surface area (Å²) in [6.07, 6.45) is 0.854. The van der Waals surface area contributed by atoms with Crippen molar-refractivity contribution >= 4 is 17.2 Å². The predicted octanol–water partition coefficient (Wildman–Crippen LogP) is 5.87. The van der Waals surface area contributed by atoms with Crippen LogP contribution >= 0.6 is 0 Å². The van der Waals surface area contributed by atoms with Gasteiger partial charge in [0.05, 0.1) is 6.54 Å². The van der Waals surface area contributed by atoms with E-state index in [9.17, 15) is 0 Å². The van der Waals surface area contributed by atoms with E-state index in [1.165, 1.54) is 5.56 Å². The van der Waals surface area contributed by atoms with E-state index in [2.05, 4.69) is 54.8 Å². The summed E-state index contributed by atoms with van der Waals surface area (Å²) in [5.41, 5.74) is 4.74. The molecule has 142 valence electrons. The van der Waals surface area contributed by atoms with Crippen LogP contribution in [-0.2, 0) is 13.0 Å². The highest BCUT2D eigenvalue weighted by Crippen LogP contribution is 2.27. The third kappa shape index (κ3) is 4.52. The van der Waals surface area contributed by atoms with E-state index in [1.54, 1.807) is 0 Å². The lowest BCUT2D eigenvalue weighted by atomic mass is 10.1. The maximum absolute atomic E-state index is 5.84. The molecular weight excluding hydrogens is 346 g/mol. The number of ether oxygens (including phenoxy) is 1. The average Bonchev–Trinajstić information content (AvgIpc) is 3.10. The van der Waals surface area contributed by atoms with Gasteiger partial charge in [-0.05, 0) is 61.4 Å². The molecule has 2 N–H and O–H groups in total. The Kier molecular flexibility index (Phi) is 5.29. The Hall–Kier alpha value is -3.27. The Bertz CT molecular complexity index is 963. The summed E-state index contributed by atoms with van der Waals surface area (Å²) in [6, 6.07) is 24.8. The molecule has 4 nitrogen and oxygen atoms in total. The first kappa shape index (κ1) is 18.1. The van der Waals surface area contributed by atoms with Gasteiger partial charge in [0.25, 0.3) is 0 Å². The first-order valence-electron chi connectivity index (χ1n) is 9.67. The normalized spacial score (nSPS) is 14.0. The molecule has 1 heterocycles. The number of aliphatic imine (C=N–C) groups is 1. The van der Waals surface area contributed by atoms with Crippen LogP contribution in [0.5, 0.6) is 11.5 Å². The van der Waals surface area contributed by atoms with Crippen LogP contribution in [0.25, 0.3) is 0 Å². The topological polar surface area (TPSA) is 45.7 Å². The summed E-state index contributed by atoms with van der Waals surface area (Å²) in [4.78, 5) is 4.76. The highest BCUT2D eigenvalue weighted by atomic mass is 16.5. The van der Waals surface area contributed by atoms with Gasteiger partial charge >= 0.3 is 0 Å². The number of para-hydroxylation sites is 1. The van der Waals surface area contributed by atoms with E-state index in [1.807, 2.05) is 42.5 Å². The predicted molar refractivity (Wildman–Crippen MR) is 117 cm³/mol. The van der Waals surface area contributed by atoms with E-state index < -0.39 is 0 Å². The van der Waals surface area contributed by atoms with Crippen molar-refractivity contribution in [2.45, 2.75) is 32.9 Å². The van der Waals surface area contributed by atoms with Crippen molar-refractivity contribution in [3.63, 3.8) is 0 Å². The van der Waals surface area contributed by atoms with E-state index in [4.69, 9.17) is 9.73 Å². The van der Waals surface area contributed by atoms with Gasteiger partial charge < -0.3 is 15.4 Å². The largest absolute Gasteiger partial charge is 0.457 e. The molecule has 0 aromatic heterocycles. The van der Waals surface area contributed by atoms with Gasteiger partial charge in [0.15, 0.2) is 0 Å². The second-order valence-electron chi connectivity index (χ2n) is 7.29. The van der Waals surface area contributed by atoms with Crippen LogP contribution in [0.15, 0.2) is 77.8 Å². The number of amidine groups is 1. The highest BCUT2D eigenvalue weighted by molar-refractivity contribution is 6.03. The van der Waals surface area contributed by atoms with Crippen LogP contribution < -0.4 is 15.4 Å². The molecule has 0 saturated carbocycles. The Balaban J connectivity index is 1.36. The zero-order valence-electron chi connectivity index (χ0n) is 16.3. The highest BCUT2D eigenvalue weighted by Gasteiger charge is 2.16. The summed E-state index contributed by atoms with van der Waals surface area (Å²) in [5.74, 6) is 2.69. The smallest absolute Gasteiger partial charge is 0.127 e. The SMILES string of the molecule is CC(C)Nc1ccc2c(c1)NC(=NCc1ccc(Oc3ccccc3)cc1)C2. The van der Waals surface area contributed by atoms with Crippen molar-refractivity contribution in [3.05, 3.63) is 83.9 Å². The zero-order valence-corrected chi connectivity index (χ0v) is 16.3. The van der Waals surface area contributed by atoms with Crippen LogP contribution in [0.2, 0.25) is 0 Å². The van der Waals surface area contributed by atoms with E-state index in [0.29, 0.717) is 12.6 Å². The molecule has 1 aliphatic heterocycles. The molecule has 4 rings (SSSR count). The van der Waals surface area contributed by atoms with Gasteiger partial charge in [-0.2, -0.15) is 0 Å². The lowest BCUT2D eigenvalue weighted by Gasteiger charge is -2.11. The third-order valence-electron chi connectivity index (χ3n) is 4.56. The van der Waals surface area contributed by atoms with Gasteiger partial charge in [-0.1, -0.05) is 36.4 Å². The molecule has 0 unspecified atom stereocenters. The second kappa shape index (κ2) is 8.17. The summed E-state index contributed by atoms with van der Waals surface area (Å²) in [5, 5.41) is 6.89. The molecule has 3 aromatic rings. The molecule has 0 fully saturated rings. The quantitative estimate of drug-likeness (QED) is 0.570. The molecule has 28 heavy (non-hydrogen) atoms. The number of anilines is 2. The Morgan fingerprint density at radius 3 is 2.46 bits per heavy atom. The molecule has 0 amide bonds. The number of hydrogen-bond acceptors (Lipinski definition) is 3. The Morgan fingerprint density at radius 1 is 0.964 bits per heavy atom. The molecule has 0 radical (unpaired) electrons. The van der Waals surface area contributed by atoms with Gasteiger partial charge in [0.1, 0.15) is 17.3 Å². The Morgan fingerprint density at radius 2 is 1.71 bits per heavy atom. The van der Waals surface area contributed by atoms with E-state index >= 15 is 0 Å². The molecule has 0 spiro atoms. The van der Waals surface area contributed by atoms with Crippen LogP contribution in [0.4, 0.5) is 11.4 Å². The number of nitrogens with zero attached hydrogens (tertiary/aromatic N) is 1. The number of benzene rings is 3. The third-order valence-corrected chi connectivity index (χ3v) is 4.56. The summed E-state index contributed by atoms with van der Waals surface area (Å²) in [7, 11) is 0. The molecule has 1 aliphatic rings.